The van der Waals surface area contributed by atoms with E-state index in [1.165, 1.54) is 0 Å². The molecule has 1 aliphatic carbocycles. The lowest BCUT2D eigenvalue weighted by Crippen LogP contribution is -2.69. The average molecular weight is 265 g/mol. The van der Waals surface area contributed by atoms with Crippen molar-refractivity contribution in [2.24, 2.45) is 5.92 Å². The van der Waals surface area contributed by atoms with Gasteiger partial charge in [-0.05, 0) is 25.7 Å². The Morgan fingerprint density at radius 1 is 1.26 bits per heavy atom. The van der Waals surface area contributed by atoms with Gasteiger partial charge in [-0.1, -0.05) is 0 Å². The molecule has 1 saturated carbocycles. The monoisotopic (exact) mass is 265 g/mol. The molecule has 6 heteroatoms. The minimum absolute atomic E-state index is 0.0929. The maximum absolute atomic E-state index is 12.5. The molecule has 0 spiro atoms. The van der Waals surface area contributed by atoms with E-state index < -0.39 is 18.2 Å². The van der Waals surface area contributed by atoms with Crippen LogP contribution in [0.5, 0.6) is 0 Å². The van der Waals surface area contributed by atoms with Gasteiger partial charge in [0.15, 0.2) is 0 Å². The minimum atomic E-state index is -0.836. The highest BCUT2D eigenvalue weighted by Crippen LogP contribution is 2.35. The van der Waals surface area contributed by atoms with Gasteiger partial charge in [0.05, 0.1) is 24.3 Å². The summed E-state index contributed by atoms with van der Waals surface area (Å²) in [7, 11) is 0. The van der Waals surface area contributed by atoms with Crippen LogP contribution in [0.15, 0.2) is 0 Å². The zero-order valence-electron chi connectivity index (χ0n) is 10.7. The maximum atomic E-state index is 12.5. The zero-order valence-corrected chi connectivity index (χ0v) is 10.7. The Hall–Kier alpha value is -1.16. The average Bonchev–Trinajstić information content (AvgIpc) is 2.91. The standard InChI is InChI=1S/C13H19N3O3/c14-6-7-2-1-5-16(7)13(19)10-8-3-4-9(15-10)12(18)11(8)17/h7-12,15,17-18H,1-5H2/t7-,8+,9-,10-,11-,12+/m0/s1. The maximum Gasteiger partial charge on any atom is 0.241 e. The summed E-state index contributed by atoms with van der Waals surface area (Å²) in [6, 6.07) is 1.16. The second-order valence-electron chi connectivity index (χ2n) is 5.79. The second kappa shape index (κ2) is 4.75. The van der Waals surface area contributed by atoms with E-state index in [1.807, 2.05) is 0 Å². The molecule has 3 heterocycles. The van der Waals surface area contributed by atoms with Crippen molar-refractivity contribution in [2.75, 3.05) is 6.54 Å². The summed E-state index contributed by atoms with van der Waals surface area (Å²) in [5.41, 5.74) is 0. The SMILES string of the molecule is N#C[C@@H]1CCCN1C(=O)[C@H]1N[C@H]2CC[C@H]1[C@H](O)[C@@H]2O. The number of amides is 1. The van der Waals surface area contributed by atoms with Crippen LogP contribution in [0.1, 0.15) is 25.7 Å². The van der Waals surface area contributed by atoms with Crippen LogP contribution in [-0.4, -0.2) is 57.9 Å². The van der Waals surface area contributed by atoms with Crippen LogP contribution in [0.3, 0.4) is 0 Å². The van der Waals surface area contributed by atoms with Crippen molar-refractivity contribution in [1.82, 2.24) is 10.2 Å². The zero-order chi connectivity index (χ0) is 13.6. The van der Waals surface area contributed by atoms with E-state index in [2.05, 4.69) is 11.4 Å². The molecule has 6 atom stereocenters. The van der Waals surface area contributed by atoms with Gasteiger partial charge in [-0.25, -0.2) is 0 Å². The van der Waals surface area contributed by atoms with Crippen molar-refractivity contribution < 1.29 is 15.0 Å². The van der Waals surface area contributed by atoms with Crippen LogP contribution >= 0.6 is 0 Å². The molecule has 2 bridgehead atoms. The van der Waals surface area contributed by atoms with Gasteiger partial charge in [-0.15, -0.1) is 0 Å². The van der Waals surface area contributed by atoms with E-state index in [1.54, 1.807) is 4.90 Å². The topological polar surface area (TPSA) is 96.6 Å². The lowest BCUT2D eigenvalue weighted by Gasteiger charge is -2.49. The number of aliphatic hydroxyl groups excluding tert-OH is 2. The third-order valence-corrected chi connectivity index (χ3v) is 4.78. The second-order valence-corrected chi connectivity index (χ2v) is 5.79. The van der Waals surface area contributed by atoms with Crippen LogP contribution in [0.2, 0.25) is 0 Å². The number of hydrogen-bond donors (Lipinski definition) is 3. The Bertz CT molecular complexity index is 420. The molecule has 0 radical (unpaired) electrons. The van der Waals surface area contributed by atoms with Crippen molar-refractivity contribution in [2.45, 2.75) is 56.0 Å². The number of hydrogen-bond acceptors (Lipinski definition) is 5. The van der Waals surface area contributed by atoms with Crippen molar-refractivity contribution in [1.29, 1.82) is 5.26 Å². The van der Waals surface area contributed by atoms with E-state index in [9.17, 15) is 15.0 Å². The summed E-state index contributed by atoms with van der Waals surface area (Å²) in [4.78, 5) is 14.2. The number of nitriles is 1. The van der Waals surface area contributed by atoms with Crippen LogP contribution in [0.25, 0.3) is 0 Å². The molecule has 0 unspecified atom stereocenters. The van der Waals surface area contributed by atoms with Gasteiger partial charge >= 0.3 is 0 Å². The van der Waals surface area contributed by atoms with E-state index >= 15 is 0 Å². The number of likely N-dealkylation sites (tertiary alicyclic amines) is 1. The van der Waals surface area contributed by atoms with Gasteiger partial charge < -0.3 is 20.4 Å². The molecular formula is C13H19N3O3. The first-order valence-corrected chi connectivity index (χ1v) is 6.95. The Morgan fingerprint density at radius 3 is 2.74 bits per heavy atom. The third-order valence-electron chi connectivity index (χ3n) is 4.78. The molecule has 4 fully saturated rings. The number of nitrogens with one attached hydrogen (secondary N) is 1. The molecule has 4 aliphatic rings. The summed E-state index contributed by atoms with van der Waals surface area (Å²) < 4.78 is 0. The lowest BCUT2D eigenvalue weighted by atomic mass is 9.72. The van der Waals surface area contributed by atoms with Gasteiger partial charge in [0.1, 0.15) is 6.04 Å². The van der Waals surface area contributed by atoms with Crippen molar-refractivity contribution >= 4 is 5.91 Å². The Labute approximate surface area is 112 Å². The number of carbonyl (C=O) groups excluding carboxylic acids is 1. The van der Waals surface area contributed by atoms with Crippen molar-refractivity contribution in [3.8, 4) is 6.07 Å². The van der Waals surface area contributed by atoms with E-state index in [-0.39, 0.29) is 23.9 Å². The fourth-order valence-corrected chi connectivity index (χ4v) is 3.70. The number of carbonyl (C=O) groups is 1. The molecule has 0 aromatic rings. The van der Waals surface area contributed by atoms with E-state index in [0.29, 0.717) is 6.54 Å². The number of piperidine rings is 2. The Morgan fingerprint density at radius 2 is 2.05 bits per heavy atom. The fraction of sp³-hybridized carbons (Fsp3) is 0.846. The molecule has 104 valence electrons. The van der Waals surface area contributed by atoms with Crippen LogP contribution < -0.4 is 5.32 Å². The Balaban J connectivity index is 1.76. The van der Waals surface area contributed by atoms with Crippen molar-refractivity contribution in [3.63, 3.8) is 0 Å². The Kier molecular flexibility index (Phi) is 3.21. The summed E-state index contributed by atoms with van der Waals surface area (Å²) in [6.07, 6.45) is 1.50. The first kappa shape index (κ1) is 12.9. The molecule has 0 aromatic heterocycles. The van der Waals surface area contributed by atoms with Gasteiger partial charge in [0.25, 0.3) is 0 Å². The number of aliphatic hydroxyl groups is 2. The van der Waals surface area contributed by atoms with E-state index in [0.717, 1.165) is 25.7 Å². The molecule has 3 N–H and O–H groups in total. The summed E-state index contributed by atoms with van der Waals surface area (Å²) in [5, 5.41) is 32.1. The minimum Gasteiger partial charge on any atom is -0.390 e. The highest BCUT2D eigenvalue weighted by molar-refractivity contribution is 5.83. The van der Waals surface area contributed by atoms with Crippen LogP contribution in [-0.2, 0) is 4.79 Å². The molecular weight excluding hydrogens is 246 g/mol. The molecule has 4 rings (SSSR count). The molecule has 0 aromatic carbocycles. The highest BCUT2D eigenvalue weighted by atomic mass is 16.3. The van der Waals surface area contributed by atoms with Crippen LogP contribution in [0.4, 0.5) is 0 Å². The number of rotatable bonds is 1. The number of nitrogens with zero attached hydrogens (tertiary/aromatic N) is 2. The molecule has 6 nitrogen and oxygen atoms in total. The van der Waals surface area contributed by atoms with Gasteiger partial charge in [-0.3, -0.25) is 4.79 Å². The smallest absolute Gasteiger partial charge is 0.241 e. The fourth-order valence-electron chi connectivity index (χ4n) is 3.70. The largest absolute Gasteiger partial charge is 0.390 e. The van der Waals surface area contributed by atoms with Gasteiger partial charge in [0, 0.05) is 18.5 Å². The molecule has 1 amide bonds. The quantitative estimate of drug-likeness (QED) is 0.563. The predicted octanol–water partition coefficient (Wildman–Crippen LogP) is -1.03. The van der Waals surface area contributed by atoms with Gasteiger partial charge in [-0.2, -0.15) is 5.26 Å². The first-order valence-electron chi connectivity index (χ1n) is 6.95. The summed E-state index contributed by atoms with van der Waals surface area (Å²) >= 11 is 0. The third kappa shape index (κ3) is 1.93. The molecule has 3 saturated heterocycles. The predicted molar refractivity (Wildman–Crippen MR) is 65.8 cm³/mol. The molecule has 3 aliphatic heterocycles. The lowest BCUT2D eigenvalue weighted by molar-refractivity contribution is -0.150. The first-order chi connectivity index (χ1) is 9.13. The normalized spacial score (nSPS) is 45.2. The molecule has 19 heavy (non-hydrogen) atoms. The van der Waals surface area contributed by atoms with Gasteiger partial charge in [0.2, 0.25) is 5.91 Å². The van der Waals surface area contributed by atoms with E-state index in [4.69, 9.17) is 5.26 Å². The number of fused-ring (bicyclic) bond motifs is 3. The summed E-state index contributed by atoms with van der Waals surface area (Å²) in [5.74, 6) is -0.336. The van der Waals surface area contributed by atoms with Crippen LogP contribution in [0, 0.1) is 17.2 Å². The highest BCUT2D eigenvalue weighted by Gasteiger charge is 2.51. The van der Waals surface area contributed by atoms with Crippen molar-refractivity contribution in [3.05, 3.63) is 0 Å². The summed E-state index contributed by atoms with van der Waals surface area (Å²) in [6.45, 7) is 0.616.